The van der Waals surface area contributed by atoms with Crippen LogP contribution in [-0.2, 0) is 25.5 Å². The molecule has 0 bridgehead atoms. The number of carbonyl (C=O) groups excluding carboxylic acids is 4. The second-order valence-corrected chi connectivity index (χ2v) is 11.6. The van der Waals surface area contributed by atoms with Crippen LogP contribution in [0.25, 0.3) is 0 Å². The molecule has 1 aliphatic rings. The van der Waals surface area contributed by atoms with Gasteiger partial charge in [-0.15, -0.1) is 0 Å². The highest BCUT2D eigenvalue weighted by Crippen LogP contribution is 2.29. The van der Waals surface area contributed by atoms with Crippen molar-refractivity contribution in [3.8, 4) is 0 Å². The smallest absolute Gasteiger partial charge is 0.274 e. The summed E-state index contributed by atoms with van der Waals surface area (Å²) in [5, 5.41) is 12.2. The van der Waals surface area contributed by atoms with Gasteiger partial charge in [0.25, 0.3) is 5.91 Å². The molecule has 1 unspecified atom stereocenters. The summed E-state index contributed by atoms with van der Waals surface area (Å²) >= 11 is 0. The maximum Gasteiger partial charge on any atom is 0.274 e. The van der Waals surface area contributed by atoms with Crippen LogP contribution in [0.3, 0.4) is 0 Å². The third-order valence-corrected chi connectivity index (χ3v) is 7.44. The highest BCUT2D eigenvalue weighted by molar-refractivity contribution is 5.99. The molecule has 1 saturated heterocycles. The van der Waals surface area contributed by atoms with Gasteiger partial charge in [0.05, 0.1) is 12.6 Å². The number of hydrogen-bond donors (Lipinski definition) is 3. The Kier molecular flexibility index (Phi) is 10.1. The lowest BCUT2D eigenvalue weighted by molar-refractivity contribution is -0.133. The summed E-state index contributed by atoms with van der Waals surface area (Å²) in [5.41, 5.74) is 0.484. The van der Waals surface area contributed by atoms with Gasteiger partial charge in [-0.2, -0.15) is 0 Å². The van der Waals surface area contributed by atoms with Gasteiger partial charge in [-0.25, -0.2) is 0 Å². The number of benzene rings is 1. The molecule has 3 N–H and O–H groups in total. The summed E-state index contributed by atoms with van der Waals surface area (Å²) < 4.78 is 10.4. The molecule has 43 heavy (non-hydrogen) atoms. The predicted octanol–water partition coefficient (Wildman–Crippen LogP) is 2.90. The molecule has 1 fully saturated rings. The van der Waals surface area contributed by atoms with Crippen LogP contribution in [-0.4, -0.2) is 64.0 Å². The number of pyridine rings is 1. The van der Waals surface area contributed by atoms with Gasteiger partial charge >= 0.3 is 0 Å². The van der Waals surface area contributed by atoms with Crippen molar-refractivity contribution < 1.29 is 28.4 Å². The lowest BCUT2D eigenvalue weighted by atomic mass is 9.92. The van der Waals surface area contributed by atoms with Crippen molar-refractivity contribution >= 4 is 23.5 Å². The zero-order valence-corrected chi connectivity index (χ0v) is 25.1. The van der Waals surface area contributed by atoms with E-state index >= 15 is 0 Å². The van der Waals surface area contributed by atoms with Crippen molar-refractivity contribution in [3.05, 3.63) is 83.5 Å². The minimum absolute atomic E-state index is 0.0212. The molecule has 0 aliphatic carbocycles. The van der Waals surface area contributed by atoms with Gasteiger partial charge in [-0.1, -0.05) is 62.3 Å². The van der Waals surface area contributed by atoms with E-state index in [9.17, 15) is 19.2 Å². The van der Waals surface area contributed by atoms with Crippen molar-refractivity contribution in [3.63, 3.8) is 0 Å². The van der Waals surface area contributed by atoms with Crippen molar-refractivity contribution in [1.29, 1.82) is 0 Å². The molecule has 3 amide bonds. The van der Waals surface area contributed by atoms with Gasteiger partial charge in [0, 0.05) is 30.3 Å². The van der Waals surface area contributed by atoms with E-state index in [0.717, 1.165) is 5.56 Å². The lowest BCUT2D eigenvalue weighted by Crippen LogP contribution is -2.58. The minimum Gasteiger partial charge on any atom is -0.361 e. The normalized spacial score (nSPS) is 18.7. The molecular formula is C32H39N5O6. The fraction of sp³-hybridized carbons (Fsp3) is 0.438. The molecule has 0 saturated carbocycles. The van der Waals surface area contributed by atoms with Gasteiger partial charge < -0.3 is 25.2 Å². The molecule has 228 valence electrons. The Hall–Kier alpha value is -4.38. The van der Waals surface area contributed by atoms with E-state index in [1.165, 1.54) is 6.07 Å². The first-order valence-electron chi connectivity index (χ1n) is 14.4. The highest BCUT2D eigenvalue weighted by atomic mass is 16.6. The molecule has 1 aromatic carbocycles. The number of aromatic nitrogens is 2. The fourth-order valence-electron chi connectivity index (χ4n) is 4.84. The third kappa shape index (κ3) is 8.35. The standard InChI is InChI=1S/C32H39N5O6/c1-19(2)15-24(28(38)32(5)18-42-32)34-29(39)25(17-22-11-7-6-8-12-22)35-31(41)27(21(4)23-13-9-10-14-33-23)36-30(40)26-16-20(3)43-37-26/h6-14,16,19,21,24-25,27H,15,17-18H2,1-5H3,(H,34,39)(H,35,41)(H,36,40)/t21-,24-,25-,27-,32?/m0/s1. The molecule has 3 heterocycles. The number of amides is 3. The molecule has 1 aliphatic heterocycles. The third-order valence-electron chi connectivity index (χ3n) is 7.44. The van der Waals surface area contributed by atoms with Gasteiger partial charge in [0.1, 0.15) is 23.4 Å². The Morgan fingerprint density at radius 3 is 2.19 bits per heavy atom. The molecule has 5 atom stereocenters. The second-order valence-electron chi connectivity index (χ2n) is 11.6. The summed E-state index contributed by atoms with van der Waals surface area (Å²) in [4.78, 5) is 58.4. The molecule has 2 aromatic heterocycles. The van der Waals surface area contributed by atoms with Crippen LogP contribution in [0.2, 0.25) is 0 Å². The number of Topliss-reactive ketones (excluding diaryl/α,β-unsaturated/α-hetero) is 1. The fourth-order valence-corrected chi connectivity index (χ4v) is 4.84. The minimum atomic E-state index is -1.11. The van der Waals surface area contributed by atoms with Gasteiger partial charge in [-0.05, 0) is 43.9 Å². The van der Waals surface area contributed by atoms with Crippen molar-refractivity contribution in [2.45, 2.75) is 77.1 Å². The molecule has 4 rings (SSSR count). The number of ether oxygens (including phenoxy) is 1. The number of ketones is 1. The average Bonchev–Trinajstić information content (AvgIpc) is 3.59. The van der Waals surface area contributed by atoms with Gasteiger partial charge in [0.15, 0.2) is 11.5 Å². The van der Waals surface area contributed by atoms with Gasteiger partial charge in [-0.3, -0.25) is 24.2 Å². The number of nitrogens with one attached hydrogen (secondary N) is 3. The second kappa shape index (κ2) is 13.7. The number of hydrogen-bond acceptors (Lipinski definition) is 8. The summed E-state index contributed by atoms with van der Waals surface area (Å²) in [6, 6.07) is 13.1. The summed E-state index contributed by atoms with van der Waals surface area (Å²) in [5.74, 6) is -1.91. The molecule has 11 heteroatoms. The van der Waals surface area contributed by atoms with Crippen LogP contribution in [0.5, 0.6) is 0 Å². The quantitative estimate of drug-likeness (QED) is 0.243. The van der Waals surface area contributed by atoms with E-state index in [2.05, 4.69) is 26.1 Å². The first-order valence-corrected chi connectivity index (χ1v) is 14.4. The van der Waals surface area contributed by atoms with E-state index in [0.29, 0.717) is 24.5 Å². The van der Waals surface area contributed by atoms with Crippen LogP contribution < -0.4 is 16.0 Å². The first kappa shape index (κ1) is 31.6. The zero-order chi connectivity index (χ0) is 31.1. The number of epoxide rings is 1. The monoisotopic (exact) mass is 589 g/mol. The number of rotatable bonds is 14. The topological polar surface area (TPSA) is 156 Å². The van der Waals surface area contributed by atoms with Crippen LogP contribution in [0.4, 0.5) is 0 Å². The van der Waals surface area contributed by atoms with Crippen LogP contribution in [0.15, 0.2) is 65.3 Å². The predicted molar refractivity (Wildman–Crippen MR) is 158 cm³/mol. The van der Waals surface area contributed by atoms with Crippen LogP contribution in [0.1, 0.15) is 67.5 Å². The Morgan fingerprint density at radius 2 is 1.60 bits per heavy atom. The van der Waals surface area contributed by atoms with Crippen molar-refractivity contribution in [1.82, 2.24) is 26.1 Å². The Labute approximate surface area is 251 Å². The van der Waals surface area contributed by atoms with Crippen molar-refractivity contribution in [2.75, 3.05) is 6.61 Å². The summed E-state index contributed by atoms with van der Waals surface area (Å²) in [6.45, 7) is 9.37. The molecule has 11 nitrogen and oxygen atoms in total. The SMILES string of the molecule is Cc1cc(C(=O)N[C@H](C(=O)N[C@@H](Cc2ccccc2)C(=O)N[C@@H](CC(C)C)C(=O)C2(C)CO2)[C@@H](C)c2ccccn2)no1. The zero-order valence-electron chi connectivity index (χ0n) is 25.1. The highest BCUT2D eigenvalue weighted by Gasteiger charge is 2.50. The molecule has 0 radical (unpaired) electrons. The number of aryl methyl sites for hydroxylation is 1. The molecule has 3 aromatic rings. The lowest BCUT2D eigenvalue weighted by Gasteiger charge is -2.28. The van der Waals surface area contributed by atoms with Crippen LogP contribution >= 0.6 is 0 Å². The molecule has 0 spiro atoms. The Morgan fingerprint density at radius 1 is 0.930 bits per heavy atom. The van der Waals surface area contributed by atoms with Crippen molar-refractivity contribution in [2.24, 2.45) is 5.92 Å². The van der Waals surface area contributed by atoms with E-state index in [-0.39, 0.29) is 23.8 Å². The maximum absolute atomic E-state index is 13.9. The van der Waals surface area contributed by atoms with E-state index in [1.54, 1.807) is 45.2 Å². The number of carbonyl (C=O) groups is 4. The van der Waals surface area contributed by atoms with E-state index < -0.39 is 47.4 Å². The summed E-state index contributed by atoms with van der Waals surface area (Å²) in [6.07, 6.45) is 2.18. The first-order chi connectivity index (χ1) is 20.5. The van der Waals surface area contributed by atoms with Gasteiger partial charge in [0.2, 0.25) is 11.8 Å². The van der Waals surface area contributed by atoms with Crippen LogP contribution in [0, 0.1) is 12.8 Å². The Balaban J connectivity index is 1.60. The Bertz CT molecular complexity index is 1420. The number of nitrogens with zero attached hydrogens (tertiary/aromatic N) is 2. The average molecular weight is 590 g/mol. The molecular weight excluding hydrogens is 550 g/mol. The summed E-state index contributed by atoms with van der Waals surface area (Å²) in [7, 11) is 0. The maximum atomic E-state index is 13.9. The van der Waals surface area contributed by atoms with E-state index in [4.69, 9.17) is 9.26 Å². The largest absolute Gasteiger partial charge is 0.361 e. The van der Waals surface area contributed by atoms with E-state index in [1.807, 2.05) is 44.2 Å².